The molecule has 3 rings (SSSR count). The summed E-state index contributed by atoms with van der Waals surface area (Å²) in [7, 11) is 4.60. The second-order valence-electron chi connectivity index (χ2n) is 5.54. The molecule has 0 unspecified atom stereocenters. The maximum Gasteiger partial charge on any atom is 0.508 e. The van der Waals surface area contributed by atoms with E-state index in [9.17, 15) is 4.79 Å². The topological polar surface area (TPSA) is 48.4 Å². The first-order valence-corrected chi connectivity index (χ1v) is 12.3. The minimum atomic E-state index is -0.684. The van der Waals surface area contributed by atoms with E-state index >= 15 is 0 Å². The summed E-state index contributed by atoms with van der Waals surface area (Å²) in [4.78, 5) is 18.2. The van der Waals surface area contributed by atoms with E-state index in [1.54, 1.807) is 27.8 Å². The summed E-state index contributed by atoms with van der Waals surface area (Å²) in [6, 6.07) is 21.3. The first kappa shape index (κ1) is 21.0. The summed E-state index contributed by atoms with van der Waals surface area (Å²) in [5, 5.41) is 0.960. The van der Waals surface area contributed by atoms with Crippen LogP contribution in [-0.4, -0.2) is 11.1 Å². The molecule has 0 aliphatic rings. The first-order chi connectivity index (χ1) is 13.7. The minimum absolute atomic E-state index is 0.173. The summed E-state index contributed by atoms with van der Waals surface area (Å²) in [6.45, 7) is 0.350. The Hall–Kier alpha value is -1.74. The number of hydrogen-bond donors (Lipinski definition) is 1. The van der Waals surface area contributed by atoms with E-state index in [2.05, 4.69) is 16.6 Å². The van der Waals surface area contributed by atoms with Crippen LogP contribution in [-0.2, 0) is 22.7 Å². The molecule has 3 aromatic rings. The van der Waals surface area contributed by atoms with Crippen LogP contribution in [0, 0.1) is 0 Å². The van der Waals surface area contributed by atoms with E-state index in [-0.39, 0.29) is 13.2 Å². The third-order valence-corrected chi connectivity index (χ3v) is 6.94. The monoisotopic (exact) mass is 447 g/mol. The van der Waals surface area contributed by atoms with E-state index in [0.29, 0.717) is 0 Å². The molecule has 0 bridgehead atoms. The zero-order valence-electron chi connectivity index (χ0n) is 14.7. The minimum Gasteiger partial charge on any atom is -0.429 e. The van der Waals surface area contributed by atoms with Crippen molar-refractivity contribution in [3.63, 3.8) is 0 Å². The second-order valence-corrected chi connectivity index (χ2v) is 8.97. The number of pyridine rings is 1. The number of nitrogens with zero attached hydrogens (tertiary/aromatic N) is 1. The quantitative estimate of drug-likeness (QED) is 0.235. The number of rotatable bonds is 8. The van der Waals surface area contributed by atoms with Crippen LogP contribution < -0.4 is 0 Å². The number of ether oxygens (including phenoxy) is 2. The highest BCUT2D eigenvalue weighted by atomic mass is 33.1. The highest BCUT2D eigenvalue weighted by Gasteiger charge is 2.06. The fourth-order valence-electron chi connectivity index (χ4n) is 2.10. The zero-order chi connectivity index (χ0) is 19.6. The van der Waals surface area contributed by atoms with Crippen molar-refractivity contribution >= 4 is 50.2 Å². The molecule has 0 N–H and O–H groups in total. The van der Waals surface area contributed by atoms with Gasteiger partial charge < -0.3 is 9.47 Å². The third kappa shape index (κ3) is 7.01. The number of aromatic nitrogens is 1. The molecule has 0 aliphatic carbocycles. The maximum absolute atomic E-state index is 11.8. The van der Waals surface area contributed by atoms with Crippen molar-refractivity contribution in [1.82, 2.24) is 4.98 Å². The van der Waals surface area contributed by atoms with E-state index in [1.807, 2.05) is 66.7 Å². The fourth-order valence-corrected chi connectivity index (χ4v) is 4.56. The van der Waals surface area contributed by atoms with Crippen molar-refractivity contribution in [2.45, 2.75) is 28.0 Å². The number of carbonyl (C=O) groups excluding carboxylic acids is 1. The van der Waals surface area contributed by atoms with Gasteiger partial charge in [-0.25, -0.2) is 9.78 Å². The highest BCUT2D eigenvalue weighted by Crippen LogP contribution is 2.36. The molecule has 2 aromatic carbocycles. The van der Waals surface area contributed by atoms with Crippen molar-refractivity contribution < 1.29 is 14.3 Å². The van der Waals surface area contributed by atoms with Crippen molar-refractivity contribution in [1.29, 1.82) is 0 Å². The SMILES string of the molecule is O=C(OCc1ccc(SS)cc1)OCc1ccc(SSc2ccccn2)cc1. The molecule has 0 atom stereocenters. The van der Waals surface area contributed by atoms with Gasteiger partial charge in [0.05, 0.1) is 0 Å². The van der Waals surface area contributed by atoms with Crippen LogP contribution in [0.1, 0.15) is 11.1 Å². The average molecular weight is 448 g/mol. The second kappa shape index (κ2) is 11.3. The van der Waals surface area contributed by atoms with Gasteiger partial charge in [-0.2, -0.15) is 0 Å². The van der Waals surface area contributed by atoms with Crippen LogP contribution in [0.25, 0.3) is 0 Å². The molecular weight excluding hydrogens is 430 g/mol. The van der Waals surface area contributed by atoms with Crippen LogP contribution >= 0.6 is 44.0 Å². The zero-order valence-corrected chi connectivity index (χ0v) is 18.0. The molecule has 0 fully saturated rings. The average Bonchev–Trinajstić information content (AvgIpc) is 2.76. The lowest BCUT2D eigenvalue weighted by atomic mass is 10.2. The number of thiol groups is 1. The molecular formula is C20H17NO3S4. The molecule has 0 radical (unpaired) electrons. The van der Waals surface area contributed by atoms with Crippen LogP contribution in [0.2, 0.25) is 0 Å². The van der Waals surface area contributed by atoms with Crippen molar-refractivity contribution in [3.05, 3.63) is 84.1 Å². The van der Waals surface area contributed by atoms with Gasteiger partial charge in [-0.1, -0.05) is 51.9 Å². The van der Waals surface area contributed by atoms with E-state index in [1.165, 1.54) is 10.8 Å². The van der Waals surface area contributed by atoms with E-state index in [4.69, 9.17) is 9.47 Å². The van der Waals surface area contributed by atoms with Gasteiger partial charge in [-0.15, -0.1) is 11.7 Å². The molecule has 144 valence electrons. The molecule has 0 saturated carbocycles. The van der Waals surface area contributed by atoms with E-state index in [0.717, 1.165) is 25.9 Å². The van der Waals surface area contributed by atoms with Crippen LogP contribution in [0.4, 0.5) is 4.79 Å². The van der Waals surface area contributed by atoms with Gasteiger partial charge in [0.2, 0.25) is 0 Å². The normalized spacial score (nSPS) is 10.5. The smallest absolute Gasteiger partial charge is 0.429 e. The highest BCUT2D eigenvalue weighted by molar-refractivity contribution is 8.76. The number of carbonyl (C=O) groups is 1. The molecule has 28 heavy (non-hydrogen) atoms. The summed E-state index contributed by atoms with van der Waals surface area (Å²) >= 11 is 4.13. The van der Waals surface area contributed by atoms with Gasteiger partial charge in [0.1, 0.15) is 18.2 Å². The molecule has 1 heterocycles. The van der Waals surface area contributed by atoms with Crippen LogP contribution in [0.5, 0.6) is 0 Å². The molecule has 8 heteroatoms. The summed E-state index contributed by atoms with van der Waals surface area (Å²) in [5.74, 6) is 0. The molecule has 0 amide bonds. The standard InChI is InChI=1S/C20H17NO3S4/c22-20(23-13-15-4-8-17(26-25)9-5-15)24-14-16-6-10-18(11-7-16)27-28-19-3-1-2-12-21-19/h1-12,25H,13-14H2. The lowest BCUT2D eigenvalue weighted by Gasteiger charge is -2.07. The number of hydrogen-bond acceptors (Lipinski definition) is 8. The van der Waals surface area contributed by atoms with Gasteiger partial charge in [0.25, 0.3) is 0 Å². The van der Waals surface area contributed by atoms with Crippen LogP contribution in [0.15, 0.2) is 87.7 Å². The predicted molar refractivity (Wildman–Crippen MR) is 119 cm³/mol. The van der Waals surface area contributed by atoms with Gasteiger partial charge in [0, 0.05) is 16.0 Å². The Morgan fingerprint density at radius 1 is 0.821 bits per heavy atom. The summed E-state index contributed by atoms with van der Waals surface area (Å²) < 4.78 is 10.3. The number of benzene rings is 2. The molecule has 0 spiro atoms. The lowest BCUT2D eigenvalue weighted by Crippen LogP contribution is -2.07. The predicted octanol–water partition coefficient (Wildman–Crippen LogP) is 6.67. The largest absolute Gasteiger partial charge is 0.508 e. The molecule has 4 nitrogen and oxygen atoms in total. The Bertz CT molecular complexity index is 874. The van der Waals surface area contributed by atoms with E-state index < -0.39 is 6.16 Å². The lowest BCUT2D eigenvalue weighted by molar-refractivity contribution is 0.0446. The molecule has 1 aromatic heterocycles. The molecule has 0 saturated heterocycles. The third-order valence-electron chi connectivity index (χ3n) is 3.53. The Morgan fingerprint density at radius 2 is 1.43 bits per heavy atom. The van der Waals surface area contributed by atoms with Crippen LogP contribution in [0.3, 0.4) is 0 Å². The Labute approximate surface area is 181 Å². The summed E-state index contributed by atoms with van der Waals surface area (Å²) in [6.07, 6.45) is 1.09. The van der Waals surface area contributed by atoms with Crippen molar-refractivity contribution in [2.75, 3.05) is 0 Å². The Kier molecular flexibility index (Phi) is 8.47. The molecule has 0 aliphatic heterocycles. The van der Waals surface area contributed by atoms with Crippen molar-refractivity contribution in [2.24, 2.45) is 0 Å². The maximum atomic E-state index is 11.8. The fraction of sp³-hybridized carbons (Fsp3) is 0.100. The Morgan fingerprint density at radius 3 is 1.96 bits per heavy atom. The Balaban J connectivity index is 1.39. The van der Waals surface area contributed by atoms with Gasteiger partial charge in [0.15, 0.2) is 0 Å². The van der Waals surface area contributed by atoms with Gasteiger partial charge in [-0.3, -0.25) is 0 Å². The first-order valence-electron chi connectivity index (χ1n) is 8.27. The van der Waals surface area contributed by atoms with Crippen molar-refractivity contribution in [3.8, 4) is 0 Å². The van der Waals surface area contributed by atoms with Gasteiger partial charge >= 0.3 is 6.16 Å². The van der Waals surface area contributed by atoms with Gasteiger partial charge in [-0.05, 0) is 58.3 Å². The summed E-state index contributed by atoms with van der Waals surface area (Å²) in [5.41, 5.74) is 1.80.